The van der Waals surface area contributed by atoms with Crippen LogP contribution in [0, 0.1) is 28.8 Å². The zero-order valence-corrected chi connectivity index (χ0v) is 14.9. The summed E-state index contributed by atoms with van der Waals surface area (Å²) in [6, 6.07) is 3.64. The number of pyridine rings is 2. The van der Waals surface area contributed by atoms with Crippen molar-refractivity contribution in [3.63, 3.8) is 0 Å². The van der Waals surface area contributed by atoms with Crippen LogP contribution in [0.5, 0.6) is 5.75 Å². The second-order valence-corrected chi connectivity index (χ2v) is 6.23. The molecule has 3 N–H and O–H groups in total. The summed E-state index contributed by atoms with van der Waals surface area (Å²) < 4.78 is 41.5. The molecule has 148 valence electrons. The molecule has 7 nitrogen and oxygen atoms in total. The minimum absolute atomic E-state index is 0.00616. The molecule has 10 heteroatoms. The third kappa shape index (κ3) is 3.75. The molecule has 0 saturated carbocycles. The Balaban J connectivity index is 1.87. The molecule has 1 aromatic carbocycles. The van der Waals surface area contributed by atoms with Gasteiger partial charge in [0.2, 0.25) is 5.91 Å². The van der Waals surface area contributed by atoms with Crippen molar-refractivity contribution in [3.8, 4) is 11.8 Å². The average Bonchev–Trinajstić information content (AvgIpc) is 2.67. The summed E-state index contributed by atoms with van der Waals surface area (Å²) in [5, 5.41) is 20.8. The molecular weight excluding hydrogens is 389 g/mol. The lowest BCUT2D eigenvalue weighted by molar-refractivity contribution is -0.121. The fourth-order valence-electron chi connectivity index (χ4n) is 2.86. The molecule has 2 aromatic heterocycles. The monoisotopic (exact) mass is 402 g/mol. The number of carbonyl (C=O) groups is 1. The number of aromatic amines is 1. The predicted octanol–water partition coefficient (Wildman–Crippen LogP) is 2.34. The molecule has 1 atom stereocenters. The maximum absolute atomic E-state index is 14.0. The van der Waals surface area contributed by atoms with Crippen molar-refractivity contribution >= 4 is 16.8 Å². The van der Waals surface area contributed by atoms with Crippen LogP contribution in [0.1, 0.15) is 29.8 Å². The summed E-state index contributed by atoms with van der Waals surface area (Å²) in [6.07, 6.45) is 0.466. The molecule has 3 rings (SSSR count). The Labute approximate surface area is 161 Å². The van der Waals surface area contributed by atoms with Crippen LogP contribution >= 0.6 is 0 Å². The van der Waals surface area contributed by atoms with Gasteiger partial charge in [-0.05, 0) is 25.1 Å². The predicted molar refractivity (Wildman–Crippen MR) is 95.3 cm³/mol. The molecule has 0 aliphatic carbocycles. The number of nitrogens with zero attached hydrogens (tertiary/aromatic N) is 2. The lowest BCUT2D eigenvalue weighted by Gasteiger charge is -2.15. The van der Waals surface area contributed by atoms with Crippen LogP contribution in [0.25, 0.3) is 10.9 Å². The van der Waals surface area contributed by atoms with E-state index in [4.69, 9.17) is 5.26 Å². The van der Waals surface area contributed by atoms with Gasteiger partial charge in [-0.15, -0.1) is 0 Å². The van der Waals surface area contributed by atoms with E-state index in [-0.39, 0.29) is 16.8 Å². The van der Waals surface area contributed by atoms with E-state index in [0.717, 1.165) is 24.4 Å². The maximum Gasteiger partial charge on any atom is 0.255 e. The highest BCUT2D eigenvalue weighted by atomic mass is 19.2. The van der Waals surface area contributed by atoms with Crippen molar-refractivity contribution in [1.82, 2.24) is 15.3 Å². The number of nitriles is 1. The molecule has 2 heterocycles. The summed E-state index contributed by atoms with van der Waals surface area (Å²) in [5.74, 6) is -5.05. The minimum Gasteiger partial charge on any atom is -0.507 e. The number of amides is 1. The maximum atomic E-state index is 14.0. The third-order valence-corrected chi connectivity index (χ3v) is 4.26. The number of rotatable bonds is 4. The average molecular weight is 402 g/mol. The normalized spacial score (nSPS) is 11.8. The van der Waals surface area contributed by atoms with E-state index < -0.39 is 58.1 Å². The fraction of sp³-hybridized carbons (Fsp3) is 0.158. The van der Waals surface area contributed by atoms with Gasteiger partial charge in [0.25, 0.3) is 5.56 Å². The van der Waals surface area contributed by atoms with Crippen molar-refractivity contribution in [3.05, 3.63) is 69.0 Å². The van der Waals surface area contributed by atoms with Gasteiger partial charge in [0.15, 0.2) is 11.6 Å². The molecular formula is C19H13F3N4O3. The highest BCUT2D eigenvalue weighted by molar-refractivity contribution is 5.89. The largest absolute Gasteiger partial charge is 0.507 e. The number of fused-ring (bicyclic) bond motifs is 1. The van der Waals surface area contributed by atoms with Crippen molar-refractivity contribution in [1.29, 1.82) is 5.26 Å². The first kappa shape index (κ1) is 19.9. The first-order valence-corrected chi connectivity index (χ1v) is 8.29. The summed E-state index contributed by atoms with van der Waals surface area (Å²) in [4.78, 5) is 30.5. The molecule has 29 heavy (non-hydrogen) atoms. The number of hydrogen-bond acceptors (Lipinski definition) is 5. The van der Waals surface area contributed by atoms with E-state index in [1.807, 2.05) is 0 Å². The van der Waals surface area contributed by atoms with Crippen LogP contribution in [0.3, 0.4) is 0 Å². The van der Waals surface area contributed by atoms with Gasteiger partial charge >= 0.3 is 0 Å². The first-order chi connectivity index (χ1) is 13.7. The Morgan fingerprint density at radius 1 is 1.34 bits per heavy atom. The second kappa shape index (κ2) is 7.63. The topological polar surface area (TPSA) is 119 Å². The Bertz CT molecular complexity index is 1230. The van der Waals surface area contributed by atoms with Gasteiger partial charge < -0.3 is 15.4 Å². The zero-order valence-electron chi connectivity index (χ0n) is 14.9. The van der Waals surface area contributed by atoms with Crippen LogP contribution in [0.15, 0.2) is 29.2 Å². The van der Waals surface area contributed by atoms with Crippen LogP contribution < -0.4 is 10.9 Å². The molecule has 0 aliphatic rings. The van der Waals surface area contributed by atoms with Crippen LogP contribution in [0.4, 0.5) is 13.2 Å². The SMILES string of the molecule is C[C@H](NC(=O)Cc1c(O)c2c(F)c(F)ccc2[nH]c1=O)c1ncc(C#N)cc1F. The number of carbonyl (C=O) groups excluding carboxylic acids is 1. The highest BCUT2D eigenvalue weighted by Crippen LogP contribution is 2.29. The number of hydrogen-bond donors (Lipinski definition) is 3. The Kier molecular flexibility index (Phi) is 5.23. The molecule has 0 unspecified atom stereocenters. The third-order valence-electron chi connectivity index (χ3n) is 4.26. The van der Waals surface area contributed by atoms with Crippen molar-refractivity contribution in [2.45, 2.75) is 19.4 Å². The molecule has 0 radical (unpaired) electrons. The lowest BCUT2D eigenvalue weighted by Crippen LogP contribution is -2.31. The van der Waals surface area contributed by atoms with Crippen molar-refractivity contribution in [2.24, 2.45) is 0 Å². The van der Waals surface area contributed by atoms with Gasteiger partial charge in [-0.2, -0.15) is 5.26 Å². The van der Waals surface area contributed by atoms with Crippen LogP contribution in [-0.2, 0) is 11.2 Å². The van der Waals surface area contributed by atoms with E-state index in [2.05, 4.69) is 15.3 Å². The summed E-state index contributed by atoms with van der Waals surface area (Å²) >= 11 is 0. The number of halogens is 3. The van der Waals surface area contributed by atoms with Crippen LogP contribution in [-0.4, -0.2) is 21.0 Å². The van der Waals surface area contributed by atoms with Crippen molar-refractivity contribution in [2.75, 3.05) is 0 Å². The van der Waals surface area contributed by atoms with E-state index >= 15 is 0 Å². The fourth-order valence-corrected chi connectivity index (χ4v) is 2.86. The zero-order chi connectivity index (χ0) is 21.3. The molecule has 0 spiro atoms. The molecule has 0 saturated heterocycles. The smallest absolute Gasteiger partial charge is 0.255 e. The number of aromatic nitrogens is 2. The Morgan fingerprint density at radius 2 is 2.07 bits per heavy atom. The van der Waals surface area contributed by atoms with Gasteiger partial charge in [0.05, 0.1) is 40.2 Å². The Hall–Kier alpha value is -3.87. The second-order valence-electron chi connectivity index (χ2n) is 6.23. The molecule has 3 aromatic rings. The van der Waals surface area contributed by atoms with Gasteiger partial charge in [0.1, 0.15) is 17.6 Å². The molecule has 0 aliphatic heterocycles. The standard InChI is InChI=1S/C19H13F3N4O3/c1-8(17-12(21)4-9(6-23)7-24-17)25-14(27)5-10-18(28)15-13(26-19(10)29)3-2-11(20)16(15)22/h2-4,7-8H,5H2,1H3,(H,25,27)(H2,26,28,29)/t8-/m0/s1. The van der Waals surface area contributed by atoms with E-state index in [1.165, 1.54) is 6.92 Å². The van der Waals surface area contributed by atoms with Crippen LogP contribution in [0.2, 0.25) is 0 Å². The first-order valence-electron chi connectivity index (χ1n) is 8.29. The molecule has 0 bridgehead atoms. The quantitative estimate of drug-likeness (QED) is 0.619. The number of aromatic hydroxyl groups is 1. The van der Waals surface area contributed by atoms with E-state index in [0.29, 0.717) is 0 Å². The van der Waals surface area contributed by atoms with E-state index in [9.17, 15) is 27.9 Å². The minimum atomic E-state index is -1.37. The van der Waals surface area contributed by atoms with E-state index in [1.54, 1.807) is 6.07 Å². The van der Waals surface area contributed by atoms with Gasteiger partial charge in [-0.1, -0.05) is 0 Å². The van der Waals surface area contributed by atoms with Gasteiger partial charge in [0, 0.05) is 6.20 Å². The summed E-state index contributed by atoms with van der Waals surface area (Å²) in [5.41, 5.74) is -1.59. The van der Waals surface area contributed by atoms with Gasteiger partial charge in [-0.25, -0.2) is 13.2 Å². The molecule has 0 fully saturated rings. The van der Waals surface area contributed by atoms with Gasteiger partial charge in [-0.3, -0.25) is 14.6 Å². The number of nitrogens with one attached hydrogen (secondary N) is 2. The summed E-state index contributed by atoms with van der Waals surface area (Å²) in [6.45, 7) is 1.43. The highest BCUT2D eigenvalue weighted by Gasteiger charge is 2.21. The lowest BCUT2D eigenvalue weighted by atomic mass is 10.1. The molecule has 1 amide bonds. The number of benzene rings is 1. The summed E-state index contributed by atoms with van der Waals surface area (Å²) in [7, 11) is 0. The van der Waals surface area contributed by atoms with Crippen molar-refractivity contribution < 1.29 is 23.1 Å². The number of H-pyrrole nitrogens is 1. The Morgan fingerprint density at radius 3 is 2.72 bits per heavy atom.